The number of rotatable bonds is 7. The van der Waals surface area contributed by atoms with Gasteiger partial charge in [-0.05, 0) is 99.1 Å². The molecule has 0 saturated heterocycles. The van der Waals surface area contributed by atoms with Crippen molar-refractivity contribution in [2.45, 2.75) is 19.3 Å². The molecule has 0 spiro atoms. The molecule has 7 aromatic rings. The summed E-state index contributed by atoms with van der Waals surface area (Å²) in [5.74, 6) is 1.75. The largest absolute Gasteiger partial charge is 0.456 e. The summed E-state index contributed by atoms with van der Waals surface area (Å²) in [6.07, 6.45) is 3.79. The number of hydrogen-bond acceptors (Lipinski definition) is 2. The van der Waals surface area contributed by atoms with Gasteiger partial charge in [-0.3, -0.25) is 4.79 Å². The number of aryl methyl sites for hydroxylation is 2. The van der Waals surface area contributed by atoms with Gasteiger partial charge in [0.15, 0.2) is 0 Å². The van der Waals surface area contributed by atoms with Gasteiger partial charge in [0.05, 0.1) is 0 Å². The Hall–Kier alpha value is -4.95. The molecule has 0 N–H and O–H groups in total. The van der Waals surface area contributed by atoms with Gasteiger partial charge < -0.3 is 4.74 Å². The predicted octanol–water partition coefficient (Wildman–Crippen LogP) is 10.1. The van der Waals surface area contributed by atoms with E-state index in [9.17, 15) is 4.79 Å². The van der Waals surface area contributed by atoms with Crippen molar-refractivity contribution in [3.8, 4) is 11.5 Å². The van der Waals surface area contributed by atoms with Crippen molar-refractivity contribution in [1.82, 2.24) is 0 Å². The van der Waals surface area contributed by atoms with Crippen LogP contribution in [0.1, 0.15) is 27.9 Å². The van der Waals surface area contributed by atoms with E-state index in [-0.39, 0.29) is 0 Å². The molecule has 2 nitrogen and oxygen atoms in total. The average Bonchev–Trinajstić information content (AvgIpc) is 3.01. The van der Waals surface area contributed by atoms with Crippen LogP contribution in [0, 0.1) is 0 Å². The fraction of sp³-hybridized carbons (Fsp3) is 0.0789. The Kier molecular flexibility index (Phi) is 6.22. The van der Waals surface area contributed by atoms with Crippen LogP contribution >= 0.6 is 0 Å². The lowest BCUT2D eigenvalue weighted by Gasteiger charge is -2.17. The summed E-state index contributed by atoms with van der Waals surface area (Å²) in [6, 6.07) is 44.5. The quantitative estimate of drug-likeness (QED) is 0.120. The van der Waals surface area contributed by atoms with Crippen molar-refractivity contribution in [3.05, 3.63) is 144 Å². The van der Waals surface area contributed by atoms with E-state index in [1.807, 2.05) is 42.5 Å². The number of fused-ring (bicyclic) bond motifs is 5. The van der Waals surface area contributed by atoms with Crippen LogP contribution in [0.4, 0.5) is 0 Å². The second-order valence-corrected chi connectivity index (χ2v) is 10.4. The number of carbonyl (C=O) groups excluding carboxylic acids is 1. The van der Waals surface area contributed by atoms with Crippen LogP contribution in [0.15, 0.2) is 127 Å². The predicted molar refractivity (Wildman–Crippen MR) is 167 cm³/mol. The number of carbonyl (C=O) groups is 1. The zero-order valence-electron chi connectivity index (χ0n) is 22.1. The molecule has 0 aliphatic heterocycles. The van der Waals surface area contributed by atoms with Crippen molar-refractivity contribution in [1.29, 1.82) is 0 Å². The summed E-state index contributed by atoms with van der Waals surface area (Å²) >= 11 is 0. The summed E-state index contributed by atoms with van der Waals surface area (Å²) in [6.45, 7) is 0. The molecule has 0 aliphatic carbocycles. The minimum atomic E-state index is 0.716. The Morgan fingerprint density at radius 2 is 1.27 bits per heavy atom. The molecule has 2 heteroatoms. The van der Waals surface area contributed by atoms with Crippen molar-refractivity contribution in [2.75, 3.05) is 0 Å². The van der Waals surface area contributed by atoms with Gasteiger partial charge >= 0.3 is 0 Å². The normalized spacial score (nSPS) is 11.4. The smallest absolute Gasteiger partial charge is 0.150 e. The number of para-hydroxylation sites is 1. The first-order chi connectivity index (χ1) is 19.8. The Morgan fingerprint density at radius 3 is 2.08 bits per heavy atom. The molecule has 192 valence electrons. The maximum absolute atomic E-state index is 11.0. The zero-order chi connectivity index (χ0) is 26.9. The highest BCUT2D eigenvalue weighted by atomic mass is 16.5. The summed E-state index contributed by atoms with van der Waals surface area (Å²) in [5.41, 5.74) is 3.25. The van der Waals surface area contributed by atoms with E-state index in [1.54, 1.807) is 0 Å². The monoisotopic (exact) mass is 516 g/mol. The molecule has 40 heavy (non-hydrogen) atoms. The third-order valence-electron chi connectivity index (χ3n) is 7.87. The molecular weight excluding hydrogens is 488 g/mol. The van der Waals surface area contributed by atoms with Crippen LogP contribution in [0.2, 0.25) is 0 Å². The number of hydrogen-bond donors (Lipinski definition) is 0. The molecule has 0 amide bonds. The highest BCUT2D eigenvalue weighted by molar-refractivity contribution is 6.18. The minimum absolute atomic E-state index is 0.716. The molecule has 7 aromatic carbocycles. The van der Waals surface area contributed by atoms with E-state index in [0.29, 0.717) is 5.56 Å². The van der Waals surface area contributed by atoms with Gasteiger partial charge in [0.1, 0.15) is 17.8 Å². The summed E-state index contributed by atoms with van der Waals surface area (Å²) in [4.78, 5) is 11.0. The van der Waals surface area contributed by atoms with Gasteiger partial charge in [-0.1, -0.05) is 91.0 Å². The maximum Gasteiger partial charge on any atom is 0.150 e. The number of aldehydes is 1. The molecule has 0 heterocycles. The van der Waals surface area contributed by atoms with Crippen molar-refractivity contribution >= 4 is 49.4 Å². The third-order valence-corrected chi connectivity index (χ3v) is 7.87. The molecule has 0 aromatic heterocycles. The maximum atomic E-state index is 11.0. The fourth-order valence-electron chi connectivity index (χ4n) is 5.86. The molecule has 0 saturated carbocycles. The number of ether oxygens (including phenoxy) is 1. The molecule has 0 bridgehead atoms. The van der Waals surface area contributed by atoms with E-state index < -0.39 is 0 Å². The highest BCUT2D eigenvalue weighted by Crippen LogP contribution is 2.42. The highest BCUT2D eigenvalue weighted by Gasteiger charge is 2.16. The Labute approximate surface area is 233 Å². The fourth-order valence-corrected chi connectivity index (χ4v) is 5.86. The first-order valence-corrected chi connectivity index (χ1v) is 13.8. The van der Waals surface area contributed by atoms with Crippen molar-refractivity contribution in [3.63, 3.8) is 0 Å². The lowest BCUT2D eigenvalue weighted by Crippen LogP contribution is -1.96. The van der Waals surface area contributed by atoms with E-state index >= 15 is 0 Å². The second-order valence-electron chi connectivity index (χ2n) is 10.4. The topological polar surface area (TPSA) is 26.3 Å². The van der Waals surface area contributed by atoms with Gasteiger partial charge in [-0.15, -0.1) is 0 Å². The van der Waals surface area contributed by atoms with Gasteiger partial charge in [-0.2, -0.15) is 0 Å². The Bertz CT molecular complexity index is 2000. The van der Waals surface area contributed by atoms with Gasteiger partial charge in [-0.25, -0.2) is 0 Å². The van der Waals surface area contributed by atoms with Crippen molar-refractivity contribution in [2.24, 2.45) is 0 Å². The lowest BCUT2D eigenvalue weighted by molar-refractivity contribution is 0.112. The number of benzene rings is 7. The minimum Gasteiger partial charge on any atom is -0.456 e. The molecular formula is C38H28O2. The Balaban J connectivity index is 1.38. The Morgan fingerprint density at radius 1 is 0.550 bits per heavy atom. The standard InChI is InChI=1S/C38H28O2/c39-25-27-18-16-26(17-19-27)8-6-11-28-12-7-13-32-24-36-34(38(37(28)32)40-33-14-2-1-3-15-33)21-20-31-22-29-9-4-5-10-30(29)23-35(31)36/h1-5,7,9-10,12-25H,6,8,11H2. The van der Waals surface area contributed by atoms with Crippen LogP contribution < -0.4 is 4.74 Å². The van der Waals surface area contributed by atoms with Crippen LogP contribution in [-0.4, -0.2) is 6.29 Å². The van der Waals surface area contributed by atoms with Gasteiger partial charge in [0.25, 0.3) is 0 Å². The van der Waals surface area contributed by atoms with Crippen LogP contribution in [0.25, 0.3) is 43.1 Å². The van der Waals surface area contributed by atoms with Crippen LogP contribution in [0.5, 0.6) is 11.5 Å². The van der Waals surface area contributed by atoms with Crippen LogP contribution in [0.3, 0.4) is 0 Å². The second kappa shape index (κ2) is 10.3. The average molecular weight is 517 g/mol. The summed E-state index contributed by atoms with van der Waals surface area (Å²) in [7, 11) is 0. The van der Waals surface area contributed by atoms with E-state index in [4.69, 9.17) is 4.74 Å². The molecule has 7 rings (SSSR count). The van der Waals surface area contributed by atoms with E-state index in [2.05, 4.69) is 84.9 Å². The third kappa shape index (κ3) is 4.48. The van der Waals surface area contributed by atoms with E-state index in [1.165, 1.54) is 48.8 Å². The van der Waals surface area contributed by atoms with Crippen molar-refractivity contribution < 1.29 is 9.53 Å². The lowest BCUT2D eigenvalue weighted by atomic mass is 9.92. The van der Waals surface area contributed by atoms with Gasteiger partial charge in [0, 0.05) is 16.3 Å². The first-order valence-electron chi connectivity index (χ1n) is 13.8. The molecule has 0 fully saturated rings. The molecule has 0 radical (unpaired) electrons. The SMILES string of the molecule is O=Cc1ccc(CCCc2cccc3cc4c(ccc5cc6ccccc6cc54)c(Oc4ccccc4)c23)cc1. The zero-order valence-corrected chi connectivity index (χ0v) is 22.1. The van der Waals surface area contributed by atoms with Gasteiger partial charge in [0.2, 0.25) is 0 Å². The summed E-state index contributed by atoms with van der Waals surface area (Å²) < 4.78 is 6.74. The molecule has 0 aliphatic rings. The van der Waals surface area contributed by atoms with E-state index in [0.717, 1.165) is 42.4 Å². The molecule has 0 atom stereocenters. The van der Waals surface area contributed by atoms with Crippen LogP contribution in [-0.2, 0) is 12.8 Å². The summed E-state index contributed by atoms with van der Waals surface area (Å²) in [5, 5.41) is 9.64. The molecule has 0 unspecified atom stereocenters. The first kappa shape index (κ1) is 24.1.